The van der Waals surface area contributed by atoms with Gasteiger partial charge in [0.05, 0.1) is 5.69 Å². The van der Waals surface area contributed by atoms with Crippen LogP contribution in [0.15, 0.2) is 48.8 Å². The highest BCUT2D eigenvalue weighted by Gasteiger charge is 2.02. The van der Waals surface area contributed by atoms with Gasteiger partial charge in [-0.15, -0.1) is 0 Å². The lowest BCUT2D eigenvalue weighted by Crippen LogP contribution is -2.44. The van der Waals surface area contributed by atoms with Crippen LogP contribution in [0.4, 0.5) is 5.69 Å². The van der Waals surface area contributed by atoms with Crippen molar-refractivity contribution in [2.45, 2.75) is 0 Å². The van der Waals surface area contributed by atoms with E-state index in [4.69, 9.17) is 0 Å². The highest BCUT2D eigenvalue weighted by atomic mass is 15.7. The normalized spacial score (nSPS) is 10.2. The molecule has 88 valence electrons. The summed E-state index contributed by atoms with van der Waals surface area (Å²) in [7, 11) is 3.74. The van der Waals surface area contributed by atoms with Crippen molar-refractivity contribution in [2.24, 2.45) is 0 Å². The lowest BCUT2D eigenvalue weighted by molar-refractivity contribution is 0.624. The van der Waals surface area contributed by atoms with Gasteiger partial charge in [-0.2, -0.15) is 0 Å². The van der Waals surface area contributed by atoms with E-state index < -0.39 is 0 Å². The molecule has 0 bridgehead atoms. The number of hydrogen-bond acceptors (Lipinski definition) is 4. The molecule has 4 nitrogen and oxygen atoms in total. The second-order valence-electron chi connectivity index (χ2n) is 3.57. The van der Waals surface area contributed by atoms with E-state index in [1.165, 1.54) is 11.1 Å². The molecule has 1 heterocycles. The van der Waals surface area contributed by atoms with Gasteiger partial charge in [0.2, 0.25) is 0 Å². The molecule has 2 N–H and O–H groups in total. The molecule has 0 radical (unpaired) electrons. The zero-order chi connectivity index (χ0) is 12.1. The fourth-order valence-electron chi connectivity index (χ4n) is 1.72. The first-order valence-corrected chi connectivity index (χ1v) is 5.50. The molecule has 0 saturated heterocycles. The number of benzene rings is 1. The van der Waals surface area contributed by atoms with E-state index in [2.05, 4.69) is 40.1 Å². The molecule has 0 aliphatic rings. The van der Waals surface area contributed by atoms with Crippen LogP contribution in [0.1, 0.15) is 0 Å². The van der Waals surface area contributed by atoms with Crippen molar-refractivity contribution in [1.29, 1.82) is 0 Å². The first kappa shape index (κ1) is 11.6. The number of hydrogen-bond donors (Lipinski definition) is 2. The summed E-state index contributed by atoms with van der Waals surface area (Å²) in [4.78, 5) is 4.01. The highest BCUT2D eigenvalue weighted by Crippen LogP contribution is 2.21. The molecule has 17 heavy (non-hydrogen) atoms. The van der Waals surface area contributed by atoms with Gasteiger partial charge in [0.25, 0.3) is 0 Å². The van der Waals surface area contributed by atoms with Crippen LogP contribution < -0.4 is 16.0 Å². The molecule has 4 heteroatoms. The second-order valence-corrected chi connectivity index (χ2v) is 3.57. The third-order valence-electron chi connectivity index (χ3n) is 2.59. The van der Waals surface area contributed by atoms with Crippen molar-refractivity contribution in [3.8, 4) is 11.1 Å². The molecular formula is C13H16N4. The van der Waals surface area contributed by atoms with Crippen LogP contribution in [0.5, 0.6) is 0 Å². The maximum atomic E-state index is 4.01. The molecule has 0 saturated carbocycles. The summed E-state index contributed by atoms with van der Waals surface area (Å²) in [6.45, 7) is 0. The minimum absolute atomic E-state index is 1.06. The van der Waals surface area contributed by atoms with Crippen molar-refractivity contribution >= 4 is 5.69 Å². The largest absolute Gasteiger partial charge is 0.265 e. The SMILES string of the molecule is CNN(NC)c1ccc(-c2ccncc2)cc1. The van der Waals surface area contributed by atoms with Gasteiger partial charge in [0.1, 0.15) is 0 Å². The Morgan fingerprint density at radius 2 is 1.35 bits per heavy atom. The van der Waals surface area contributed by atoms with E-state index in [9.17, 15) is 0 Å². The number of pyridine rings is 1. The molecule has 1 aromatic carbocycles. The zero-order valence-electron chi connectivity index (χ0n) is 10.0. The van der Waals surface area contributed by atoms with Gasteiger partial charge in [-0.25, -0.2) is 16.0 Å². The number of anilines is 1. The van der Waals surface area contributed by atoms with Crippen LogP contribution >= 0.6 is 0 Å². The minimum Gasteiger partial charge on any atom is -0.265 e. The van der Waals surface area contributed by atoms with E-state index in [0.29, 0.717) is 0 Å². The van der Waals surface area contributed by atoms with E-state index in [0.717, 1.165) is 5.69 Å². The van der Waals surface area contributed by atoms with Gasteiger partial charge in [0.15, 0.2) is 0 Å². The Morgan fingerprint density at radius 3 is 1.88 bits per heavy atom. The molecule has 0 spiro atoms. The van der Waals surface area contributed by atoms with Crippen molar-refractivity contribution in [3.05, 3.63) is 48.8 Å². The number of aromatic nitrogens is 1. The van der Waals surface area contributed by atoms with Gasteiger partial charge in [0, 0.05) is 26.5 Å². The van der Waals surface area contributed by atoms with Crippen LogP contribution in [0.25, 0.3) is 11.1 Å². The average Bonchev–Trinajstić information content (AvgIpc) is 2.42. The summed E-state index contributed by atoms with van der Waals surface area (Å²) in [5.41, 5.74) is 9.50. The molecule has 0 unspecified atom stereocenters. The smallest absolute Gasteiger partial charge is 0.0702 e. The minimum atomic E-state index is 1.06. The van der Waals surface area contributed by atoms with E-state index in [1.54, 1.807) is 12.4 Å². The Balaban J connectivity index is 2.24. The van der Waals surface area contributed by atoms with Crippen LogP contribution in [-0.2, 0) is 0 Å². The predicted molar refractivity (Wildman–Crippen MR) is 70.3 cm³/mol. The molecule has 0 aliphatic carbocycles. The van der Waals surface area contributed by atoms with Crippen molar-refractivity contribution in [3.63, 3.8) is 0 Å². The molecular weight excluding hydrogens is 212 g/mol. The standard InChI is InChI=1S/C13H16N4/c1-14-17(15-2)13-5-3-11(4-6-13)12-7-9-16-10-8-12/h3-10,14-15H,1-2H3. The van der Waals surface area contributed by atoms with Crippen LogP contribution in [0.2, 0.25) is 0 Å². The average molecular weight is 228 g/mol. The van der Waals surface area contributed by atoms with E-state index >= 15 is 0 Å². The van der Waals surface area contributed by atoms with Crippen molar-refractivity contribution in [1.82, 2.24) is 15.8 Å². The first-order valence-electron chi connectivity index (χ1n) is 5.50. The summed E-state index contributed by atoms with van der Waals surface area (Å²) >= 11 is 0. The molecule has 0 aliphatic heterocycles. The third-order valence-corrected chi connectivity index (χ3v) is 2.59. The monoisotopic (exact) mass is 228 g/mol. The Kier molecular flexibility index (Phi) is 3.69. The summed E-state index contributed by atoms with van der Waals surface area (Å²) in [5.74, 6) is 0. The lowest BCUT2D eigenvalue weighted by Gasteiger charge is -2.21. The van der Waals surface area contributed by atoms with Gasteiger partial charge in [-0.1, -0.05) is 12.1 Å². The molecule has 1 aromatic heterocycles. The van der Waals surface area contributed by atoms with Gasteiger partial charge in [-0.3, -0.25) is 4.98 Å². The van der Waals surface area contributed by atoms with Gasteiger partial charge in [-0.05, 0) is 35.4 Å². The topological polar surface area (TPSA) is 40.2 Å². The second kappa shape index (κ2) is 5.43. The molecule has 2 aromatic rings. The number of rotatable bonds is 4. The van der Waals surface area contributed by atoms with Crippen LogP contribution in [0, 0.1) is 0 Å². The fourth-order valence-corrected chi connectivity index (χ4v) is 1.72. The molecule has 0 atom stereocenters. The molecule has 2 rings (SSSR count). The summed E-state index contributed by atoms with van der Waals surface area (Å²) in [6, 6.07) is 12.3. The van der Waals surface area contributed by atoms with Gasteiger partial charge < -0.3 is 0 Å². The van der Waals surface area contributed by atoms with Crippen molar-refractivity contribution in [2.75, 3.05) is 19.2 Å². The first-order chi connectivity index (χ1) is 8.35. The Labute approximate surface area is 101 Å². The van der Waals surface area contributed by atoms with Crippen molar-refractivity contribution < 1.29 is 0 Å². The summed E-state index contributed by atoms with van der Waals surface area (Å²) in [5, 5.41) is 1.84. The van der Waals surface area contributed by atoms with Crippen LogP contribution in [0.3, 0.4) is 0 Å². The quantitative estimate of drug-likeness (QED) is 0.783. The summed E-state index contributed by atoms with van der Waals surface area (Å²) in [6.07, 6.45) is 3.60. The number of hydrazine groups is 2. The van der Waals surface area contributed by atoms with E-state index in [1.807, 2.05) is 31.3 Å². The number of nitrogens with zero attached hydrogens (tertiary/aromatic N) is 2. The highest BCUT2D eigenvalue weighted by molar-refractivity contribution is 5.65. The Hall–Kier alpha value is -1.91. The predicted octanol–water partition coefficient (Wildman–Crippen LogP) is 1.82. The molecule has 0 amide bonds. The van der Waals surface area contributed by atoms with Gasteiger partial charge >= 0.3 is 0 Å². The maximum absolute atomic E-state index is 4.01. The fraction of sp³-hybridized carbons (Fsp3) is 0.154. The van der Waals surface area contributed by atoms with Crippen LogP contribution in [-0.4, -0.2) is 19.1 Å². The Morgan fingerprint density at radius 1 is 0.824 bits per heavy atom. The maximum Gasteiger partial charge on any atom is 0.0702 e. The van der Waals surface area contributed by atoms with E-state index in [-0.39, 0.29) is 0 Å². The third kappa shape index (κ3) is 2.61. The zero-order valence-corrected chi connectivity index (χ0v) is 10.0. The Bertz CT molecular complexity index is 449. The summed E-state index contributed by atoms with van der Waals surface area (Å²) < 4.78 is 0. The lowest BCUT2D eigenvalue weighted by atomic mass is 10.1. The number of nitrogens with one attached hydrogen (secondary N) is 2. The molecule has 0 fully saturated rings.